The molecule has 1 aromatic rings. The SMILES string of the molecule is CCN1CC2CC23C1=CC(=O)c1ccccc13. The fourth-order valence-electron chi connectivity index (χ4n) is 3.79. The van der Waals surface area contributed by atoms with Crippen molar-refractivity contribution in [2.45, 2.75) is 18.8 Å². The van der Waals surface area contributed by atoms with Gasteiger partial charge >= 0.3 is 0 Å². The molecule has 2 nitrogen and oxygen atoms in total. The lowest BCUT2D eigenvalue weighted by Crippen LogP contribution is -2.28. The molecule has 4 rings (SSSR count). The second kappa shape index (κ2) is 2.81. The maximum Gasteiger partial charge on any atom is 0.187 e. The molecule has 2 atom stereocenters. The molecule has 1 aliphatic heterocycles. The smallest absolute Gasteiger partial charge is 0.187 e. The van der Waals surface area contributed by atoms with Gasteiger partial charge in [0.2, 0.25) is 0 Å². The number of piperidine rings is 1. The van der Waals surface area contributed by atoms with Gasteiger partial charge in [-0.3, -0.25) is 4.79 Å². The van der Waals surface area contributed by atoms with Gasteiger partial charge in [0.15, 0.2) is 5.78 Å². The molecule has 2 aliphatic carbocycles. The average Bonchev–Trinajstić information content (AvgIpc) is 2.99. The maximum atomic E-state index is 12.1. The van der Waals surface area contributed by atoms with Gasteiger partial charge in [0.25, 0.3) is 0 Å². The fraction of sp³-hybridized carbons (Fsp3) is 0.400. The van der Waals surface area contributed by atoms with Crippen LogP contribution < -0.4 is 0 Å². The molecule has 0 aromatic heterocycles. The topological polar surface area (TPSA) is 20.3 Å². The number of ketones is 1. The van der Waals surface area contributed by atoms with E-state index >= 15 is 0 Å². The number of benzene rings is 1. The van der Waals surface area contributed by atoms with Gasteiger partial charge in [0.05, 0.1) is 0 Å². The number of nitrogens with zero attached hydrogens (tertiary/aromatic N) is 1. The largest absolute Gasteiger partial charge is 0.374 e. The zero-order valence-electron chi connectivity index (χ0n) is 9.94. The molecular formula is C15H15NO. The van der Waals surface area contributed by atoms with Crippen LogP contribution in [-0.2, 0) is 5.41 Å². The molecule has 0 bridgehead atoms. The second-order valence-corrected chi connectivity index (χ2v) is 5.35. The van der Waals surface area contributed by atoms with E-state index in [0.717, 1.165) is 24.6 Å². The van der Waals surface area contributed by atoms with E-state index in [4.69, 9.17) is 0 Å². The summed E-state index contributed by atoms with van der Waals surface area (Å²) in [5, 5.41) is 0. The van der Waals surface area contributed by atoms with Crippen LogP contribution in [0, 0.1) is 5.92 Å². The first-order valence-corrected chi connectivity index (χ1v) is 6.38. The van der Waals surface area contributed by atoms with Crippen LogP contribution in [0.2, 0.25) is 0 Å². The molecule has 1 saturated carbocycles. The number of likely N-dealkylation sites (tertiary alicyclic amines) is 1. The lowest BCUT2D eigenvalue weighted by Gasteiger charge is -2.29. The molecule has 2 fully saturated rings. The van der Waals surface area contributed by atoms with Crippen LogP contribution in [0.3, 0.4) is 0 Å². The monoisotopic (exact) mass is 225 g/mol. The van der Waals surface area contributed by atoms with E-state index in [2.05, 4.69) is 24.0 Å². The number of hydrogen-bond acceptors (Lipinski definition) is 2. The van der Waals surface area contributed by atoms with Gasteiger partial charge < -0.3 is 4.90 Å². The van der Waals surface area contributed by atoms with E-state index in [1.807, 2.05) is 18.2 Å². The Kier molecular flexibility index (Phi) is 1.56. The number of allylic oxidation sites excluding steroid dienone is 2. The summed E-state index contributed by atoms with van der Waals surface area (Å²) in [5.74, 6) is 0.926. The quantitative estimate of drug-likeness (QED) is 0.731. The van der Waals surface area contributed by atoms with E-state index in [1.54, 1.807) is 0 Å². The van der Waals surface area contributed by atoms with E-state index < -0.39 is 0 Å². The number of carbonyl (C=O) groups excluding carboxylic acids is 1. The predicted octanol–water partition coefficient (Wildman–Crippen LogP) is 2.36. The fourth-order valence-corrected chi connectivity index (χ4v) is 3.79. The van der Waals surface area contributed by atoms with Crippen LogP contribution in [0.5, 0.6) is 0 Å². The summed E-state index contributed by atoms with van der Waals surface area (Å²) in [5.41, 5.74) is 3.70. The first kappa shape index (κ1) is 9.46. The van der Waals surface area contributed by atoms with Crippen molar-refractivity contribution in [1.29, 1.82) is 0 Å². The summed E-state index contributed by atoms with van der Waals surface area (Å²) in [6, 6.07) is 8.16. The van der Waals surface area contributed by atoms with Gasteiger partial charge in [-0.2, -0.15) is 0 Å². The minimum atomic E-state index is 0.187. The Morgan fingerprint density at radius 1 is 1.41 bits per heavy atom. The van der Waals surface area contributed by atoms with Gasteiger partial charge in [-0.05, 0) is 24.8 Å². The Hall–Kier alpha value is -1.57. The standard InChI is InChI=1S/C15H15NO/c1-2-16-9-10-8-15(10)12-6-4-3-5-11(12)13(17)7-14(15)16/h3-7,10H,2,8-9H2,1H3. The molecule has 3 aliphatic rings. The molecule has 0 radical (unpaired) electrons. The Labute approximate surface area is 101 Å². The molecule has 1 aromatic carbocycles. The summed E-state index contributed by atoms with van der Waals surface area (Å²) in [6.07, 6.45) is 3.12. The highest BCUT2D eigenvalue weighted by atomic mass is 16.1. The lowest BCUT2D eigenvalue weighted by atomic mass is 9.81. The Morgan fingerprint density at radius 3 is 3.06 bits per heavy atom. The number of carbonyl (C=O) groups is 1. The first-order chi connectivity index (χ1) is 8.27. The van der Waals surface area contributed by atoms with Crippen molar-refractivity contribution >= 4 is 5.78 Å². The van der Waals surface area contributed by atoms with Crippen molar-refractivity contribution in [2.24, 2.45) is 5.92 Å². The average molecular weight is 225 g/mol. The summed E-state index contributed by atoms with van der Waals surface area (Å²) in [4.78, 5) is 14.5. The van der Waals surface area contributed by atoms with Crippen molar-refractivity contribution in [2.75, 3.05) is 13.1 Å². The molecule has 0 amide bonds. The summed E-state index contributed by atoms with van der Waals surface area (Å²) in [7, 11) is 0. The van der Waals surface area contributed by atoms with Crippen LogP contribution in [-0.4, -0.2) is 23.8 Å². The molecular weight excluding hydrogens is 210 g/mol. The van der Waals surface area contributed by atoms with Crippen molar-refractivity contribution in [3.8, 4) is 0 Å². The van der Waals surface area contributed by atoms with Crippen LogP contribution in [0.4, 0.5) is 0 Å². The predicted molar refractivity (Wildman–Crippen MR) is 65.9 cm³/mol. The molecule has 17 heavy (non-hydrogen) atoms. The van der Waals surface area contributed by atoms with Crippen molar-refractivity contribution < 1.29 is 4.79 Å². The van der Waals surface area contributed by atoms with E-state index in [0.29, 0.717) is 0 Å². The molecule has 86 valence electrons. The zero-order chi connectivity index (χ0) is 11.6. The summed E-state index contributed by atoms with van der Waals surface area (Å²) in [6.45, 7) is 4.31. The van der Waals surface area contributed by atoms with Gasteiger partial charge in [-0.15, -0.1) is 0 Å². The highest BCUT2D eigenvalue weighted by Gasteiger charge is 2.65. The van der Waals surface area contributed by atoms with Gasteiger partial charge in [-0.25, -0.2) is 0 Å². The lowest BCUT2D eigenvalue weighted by molar-refractivity contribution is 0.103. The van der Waals surface area contributed by atoms with Gasteiger partial charge in [-0.1, -0.05) is 24.3 Å². The highest BCUT2D eigenvalue weighted by Crippen LogP contribution is 2.66. The Morgan fingerprint density at radius 2 is 2.24 bits per heavy atom. The molecule has 1 spiro atoms. The van der Waals surface area contributed by atoms with Crippen molar-refractivity contribution in [1.82, 2.24) is 4.90 Å². The molecule has 2 unspecified atom stereocenters. The number of hydrogen-bond donors (Lipinski definition) is 0. The van der Waals surface area contributed by atoms with E-state index in [9.17, 15) is 4.79 Å². The number of fused-ring (bicyclic) bond motifs is 1. The van der Waals surface area contributed by atoms with Gasteiger partial charge in [0.1, 0.15) is 0 Å². The minimum absolute atomic E-state index is 0.187. The normalized spacial score (nSPS) is 32.8. The molecule has 1 saturated heterocycles. The Bertz CT molecular complexity index is 560. The van der Waals surface area contributed by atoms with Gasteiger partial charge in [0, 0.05) is 35.8 Å². The summed E-state index contributed by atoms with van der Waals surface area (Å²) >= 11 is 0. The van der Waals surface area contributed by atoms with Crippen LogP contribution >= 0.6 is 0 Å². The summed E-state index contributed by atoms with van der Waals surface area (Å²) < 4.78 is 0. The first-order valence-electron chi connectivity index (χ1n) is 6.38. The number of likely N-dealkylation sites (N-methyl/N-ethyl adjacent to an activating group) is 1. The molecule has 1 heterocycles. The molecule has 2 heteroatoms. The van der Waals surface area contributed by atoms with Crippen molar-refractivity contribution in [3.05, 3.63) is 47.2 Å². The number of rotatable bonds is 1. The third kappa shape index (κ3) is 0.951. The third-order valence-electron chi connectivity index (χ3n) is 4.67. The highest BCUT2D eigenvalue weighted by molar-refractivity contribution is 6.08. The Balaban J connectivity index is 1.95. The van der Waals surface area contributed by atoms with Crippen LogP contribution in [0.15, 0.2) is 36.0 Å². The second-order valence-electron chi connectivity index (χ2n) is 5.35. The van der Waals surface area contributed by atoms with Crippen LogP contribution in [0.1, 0.15) is 29.3 Å². The molecule has 0 N–H and O–H groups in total. The third-order valence-corrected chi connectivity index (χ3v) is 4.67. The van der Waals surface area contributed by atoms with Crippen molar-refractivity contribution in [3.63, 3.8) is 0 Å². The van der Waals surface area contributed by atoms with E-state index in [-0.39, 0.29) is 11.2 Å². The van der Waals surface area contributed by atoms with Crippen LogP contribution in [0.25, 0.3) is 0 Å². The minimum Gasteiger partial charge on any atom is -0.374 e. The van der Waals surface area contributed by atoms with E-state index in [1.165, 1.54) is 17.7 Å². The maximum absolute atomic E-state index is 12.1. The zero-order valence-corrected chi connectivity index (χ0v) is 9.94.